The topological polar surface area (TPSA) is 79.6 Å². The minimum atomic E-state index is -4.78. The molecule has 0 bridgehead atoms. The van der Waals surface area contributed by atoms with Crippen LogP contribution in [-0.2, 0) is 12.7 Å². The fourth-order valence-corrected chi connectivity index (χ4v) is 2.90. The Morgan fingerprint density at radius 3 is 2.68 bits per heavy atom. The lowest BCUT2D eigenvalue weighted by Crippen LogP contribution is -2.09. The third-order valence-corrected chi connectivity index (χ3v) is 4.36. The van der Waals surface area contributed by atoms with Crippen LogP contribution in [0.15, 0.2) is 40.8 Å². The molecule has 0 saturated heterocycles. The number of hydrogen-bond acceptors (Lipinski definition) is 5. The van der Waals surface area contributed by atoms with E-state index in [2.05, 4.69) is 25.9 Å². The maximum Gasteiger partial charge on any atom is 0.419 e. The molecule has 0 aliphatic carbocycles. The fraction of sp³-hybridized carbons (Fsp3) is 0.118. The molecule has 0 aliphatic heterocycles. The number of nitrogens with one attached hydrogen (secondary N) is 2. The highest BCUT2D eigenvalue weighted by molar-refractivity contribution is 6.32. The van der Waals surface area contributed by atoms with Crippen molar-refractivity contribution in [2.45, 2.75) is 12.7 Å². The summed E-state index contributed by atoms with van der Waals surface area (Å²) in [6.07, 6.45) is -4.78. The van der Waals surface area contributed by atoms with E-state index in [1.54, 1.807) is 18.2 Å². The third kappa shape index (κ3) is 3.50. The number of aromatic amines is 1. The van der Waals surface area contributed by atoms with Crippen molar-refractivity contribution in [1.82, 2.24) is 20.6 Å². The Kier molecular flexibility index (Phi) is 4.42. The monoisotopic (exact) mass is 411 g/mol. The first-order valence-electron chi connectivity index (χ1n) is 7.87. The summed E-state index contributed by atoms with van der Waals surface area (Å²) >= 11 is 6.26. The molecular weight excluding hydrogens is 402 g/mol. The van der Waals surface area contributed by atoms with E-state index in [0.29, 0.717) is 33.4 Å². The van der Waals surface area contributed by atoms with Gasteiger partial charge >= 0.3 is 6.18 Å². The standard InChI is InChI=1S/C17H10ClF4N5O/c18-12-3-8-4-15(16-24-26-27-25-16)28-14(8)5-9(12)7-23-10-1-2-13(19)11(6-10)17(20,21)22/h1-6,23H,7H2,(H,24,25,26,27). The molecule has 2 N–H and O–H groups in total. The highest BCUT2D eigenvalue weighted by Gasteiger charge is 2.34. The number of tetrazole rings is 1. The zero-order valence-corrected chi connectivity index (χ0v) is 14.6. The number of aromatic nitrogens is 4. The Morgan fingerprint density at radius 1 is 1.14 bits per heavy atom. The molecule has 0 unspecified atom stereocenters. The molecule has 144 valence electrons. The van der Waals surface area contributed by atoms with Crippen molar-refractivity contribution in [3.8, 4) is 11.6 Å². The number of benzene rings is 2. The number of rotatable bonds is 4. The second-order valence-corrected chi connectivity index (χ2v) is 6.28. The number of halogens is 5. The van der Waals surface area contributed by atoms with E-state index in [-0.39, 0.29) is 18.1 Å². The molecule has 2 heterocycles. The van der Waals surface area contributed by atoms with Gasteiger partial charge in [-0.1, -0.05) is 11.6 Å². The predicted octanol–water partition coefficient (Wildman–Crippen LogP) is 5.04. The van der Waals surface area contributed by atoms with Crippen LogP contribution in [0.2, 0.25) is 5.02 Å². The first-order chi connectivity index (χ1) is 13.3. The Hall–Kier alpha value is -3.14. The quantitative estimate of drug-likeness (QED) is 0.460. The molecule has 0 spiro atoms. The number of hydrogen-bond donors (Lipinski definition) is 2. The summed E-state index contributed by atoms with van der Waals surface area (Å²) in [5.41, 5.74) is -0.149. The van der Waals surface area contributed by atoms with Gasteiger partial charge in [0.1, 0.15) is 11.4 Å². The van der Waals surface area contributed by atoms with Gasteiger partial charge in [0.15, 0.2) is 5.76 Å². The molecule has 0 fully saturated rings. The lowest BCUT2D eigenvalue weighted by molar-refractivity contribution is -0.139. The molecule has 28 heavy (non-hydrogen) atoms. The number of alkyl halides is 3. The maximum atomic E-state index is 13.4. The average Bonchev–Trinajstić information content (AvgIpc) is 3.29. The minimum Gasteiger partial charge on any atom is -0.453 e. The summed E-state index contributed by atoms with van der Waals surface area (Å²) in [7, 11) is 0. The summed E-state index contributed by atoms with van der Waals surface area (Å²) < 4.78 is 57.6. The van der Waals surface area contributed by atoms with E-state index in [1.165, 1.54) is 6.07 Å². The van der Waals surface area contributed by atoms with E-state index in [9.17, 15) is 17.6 Å². The third-order valence-electron chi connectivity index (χ3n) is 4.01. The second-order valence-electron chi connectivity index (χ2n) is 5.87. The molecule has 0 saturated carbocycles. The van der Waals surface area contributed by atoms with Crippen molar-refractivity contribution in [2.75, 3.05) is 5.32 Å². The molecule has 4 aromatic rings. The summed E-state index contributed by atoms with van der Waals surface area (Å²) in [5.74, 6) is -0.668. The van der Waals surface area contributed by atoms with Crippen LogP contribution >= 0.6 is 11.6 Å². The number of furan rings is 1. The molecule has 0 aliphatic rings. The Morgan fingerprint density at radius 2 is 1.96 bits per heavy atom. The molecule has 2 aromatic heterocycles. The van der Waals surface area contributed by atoms with Gasteiger partial charge in [0.25, 0.3) is 0 Å². The largest absolute Gasteiger partial charge is 0.453 e. The molecule has 2 aromatic carbocycles. The van der Waals surface area contributed by atoms with E-state index >= 15 is 0 Å². The first kappa shape index (κ1) is 18.2. The van der Waals surface area contributed by atoms with Crippen LogP contribution in [0.3, 0.4) is 0 Å². The lowest BCUT2D eigenvalue weighted by Gasteiger charge is -2.12. The van der Waals surface area contributed by atoms with Gasteiger partial charge in [-0.3, -0.25) is 0 Å². The Labute approximate surface area is 159 Å². The predicted molar refractivity (Wildman–Crippen MR) is 93.1 cm³/mol. The van der Waals surface area contributed by atoms with Crippen LogP contribution in [-0.4, -0.2) is 20.6 Å². The van der Waals surface area contributed by atoms with Crippen LogP contribution < -0.4 is 5.32 Å². The summed E-state index contributed by atoms with van der Waals surface area (Å²) in [5, 5.41) is 17.3. The van der Waals surface area contributed by atoms with Crippen LogP contribution in [0.4, 0.5) is 23.2 Å². The van der Waals surface area contributed by atoms with Crippen molar-refractivity contribution < 1.29 is 22.0 Å². The number of nitrogens with zero attached hydrogens (tertiary/aromatic N) is 3. The Bertz CT molecular complexity index is 1140. The highest BCUT2D eigenvalue weighted by Crippen LogP contribution is 2.34. The van der Waals surface area contributed by atoms with Gasteiger partial charge in [0.05, 0.1) is 5.56 Å². The van der Waals surface area contributed by atoms with Crippen LogP contribution in [0.1, 0.15) is 11.1 Å². The van der Waals surface area contributed by atoms with Crippen molar-refractivity contribution >= 4 is 28.3 Å². The molecule has 0 amide bonds. The molecule has 4 rings (SSSR count). The molecule has 11 heteroatoms. The molecule has 0 atom stereocenters. The van der Waals surface area contributed by atoms with Gasteiger partial charge in [0, 0.05) is 22.6 Å². The van der Waals surface area contributed by atoms with Crippen LogP contribution in [0.25, 0.3) is 22.6 Å². The summed E-state index contributed by atoms with van der Waals surface area (Å²) in [4.78, 5) is 0. The minimum absolute atomic E-state index is 0.107. The lowest BCUT2D eigenvalue weighted by atomic mass is 10.1. The maximum absolute atomic E-state index is 13.4. The zero-order valence-electron chi connectivity index (χ0n) is 13.8. The molecule has 0 radical (unpaired) electrons. The normalized spacial score (nSPS) is 11.9. The molecular formula is C17H10ClF4N5O. The molecule has 6 nitrogen and oxygen atoms in total. The zero-order chi connectivity index (χ0) is 19.9. The van der Waals surface area contributed by atoms with E-state index in [0.717, 1.165) is 6.07 Å². The van der Waals surface area contributed by atoms with Crippen molar-refractivity contribution in [3.63, 3.8) is 0 Å². The number of anilines is 1. The van der Waals surface area contributed by atoms with Crippen LogP contribution in [0, 0.1) is 5.82 Å². The fourth-order valence-electron chi connectivity index (χ4n) is 2.66. The number of fused-ring (bicyclic) bond motifs is 1. The second kappa shape index (κ2) is 6.79. The Balaban J connectivity index is 1.59. The summed E-state index contributed by atoms with van der Waals surface area (Å²) in [6.45, 7) is 0.107. The number of H-pyrrole nitrogens is 1. The smallest absolute Gasteiger partial charge is 0.419 e. The van der Waals surface area contributed by atoms with Gasteiger partial charge in [-0.25, -0.2) is 4.39 Å². The van der Waals surface area contributed by atoms with Gasteiger partial charge in [-0.2, -0.15) is 18.4 Å². The van der Waals surface area contributed by atoms with Crippen molar-refractivity contribution in [3.05, 3.63) is 58.4 Å². The van der Waals surface area contributed by atoms with E-state index < -0.39 is 17.6 Å². The SMILES string of the molecule is Fc1ccc(NCc2cc3oc(-c4nn[nH]n4)cc3cc2Cl)cc1C(F)(F)F. The first-order valence-corrected chi connectivity index (χ1v) is 8.25. The average molecular weight is 412 g/mol. The van der Waals surface area contributed by atoms with Crippen molar-refractivity contribution in [2.24, 2.45) is 0 Å². The van der Waals surface area contributed by atoms with Crippen molar-refractivity contribution in [1.29, 1.82) is 0 Å². The van der Waals surface area contributed by atoms with E-state index in [1.807, 2.05) is 0 Å². The van der Waals surface area contributed by atoms with E-state index in [4.69, 9.17) is 16.0 Å². The highest BCUT2D eigenvalue weighted by atomic mass is 35.5. The summed E-state index contributed by atoms with van der Waals surface area (Å²) in [6, 6.07) is 7.70. The van der Waals surface area contributed by atoms with Gasteiger partial charge in [0.2, 0.25) is 5.82 Å². The van der Waals surface area contributed by atoms with Crippen LogP contribution in [0.5, 0.6) is 0 Å². The van der Waals surface area contributed by atoms with Gasteiger partial charge in [-0.05, 0) is 47.2 Å². The van der Waals surface area contributed by atoms with Gasteiger partial charge in [-0.15, -0.1) is 10.2 Å². The van der Waals surface area contributed by atoms with Gasteiger partial charge < -0.3 is 9.73 Å².